The van der Waals surface area contributed by atoms with E-state index in [4.69, 9.17) is 16.1 Å². The van der Waals surface area contributed by atoms with Crippen molar-refractivity contribution in [3.63, 3.8) is 0 Å². The Hall–Kier alpha value is -1.92. The van der Waals surface area contributed by atoms with Crippen LogP contribution in [-0.4, -0.2) is 15.1 Å². The first-order valence-electron chi connectivity index (χ1n) is 6.41. The van der Waals surface area contributed by atoms with E-state index in [9.17, 15) is 0 Å². The van der Waals surface area contributed by atoms with Gasteiger partial charge in [0.2, 0.25) is 5.89 Å². The molecule has 0 radical (unpaired) electrons. The third-order valence-electron chi connectivity index (χ3n) is 2.77. The lowest BCUT2D eigenvalue weighted by Gasteiger charge is -2.02. The molecule has 21 heavy (non-hydrogen) atoms. The van der Waals surface area contributed by atoms with Crippen LogP contribution in [0.3, 0.4) is 0 Å². The number of anilines is 1. The largest absolute Gasteiger partial charge is 0.376 e. The number of rotatable bonds is 5. The summed E-state index contributed by atoms with van der Waals surface area (Å²) in [5.41, 5.74) is 1.97. The number of benzene rings is 1. The van der Waals surface area contributed by atoms with E-state index in [1.165, 1.54) is 0 Å². The molecule has 2 heterocycles. The summed E-state index contributed by atoms with van der Waals surface area (Å²) in [5, 5.41) is 10.9. The number of nitrogens with one attached hydrogen (secondary N) is 1. The fourth-order valence-corrected chi connectivity index (χ4v) is 2.69. The molecule has 2 aromatic heterocycles. The summed E-state index contributed by atoms with van der Waals surface area (Å²) >= 11 is 7.44. The van der Waals surface area contributed by atoms with Crippen molar-refractivity contribution in [1.29, 1.82) is 0 Å². The fraction of sp³-hybridized carbons (Fsp3) is 0.214. The molecule has 1 N–H and O–H groups in total. The molecule has 0 saturated carbocycles. The quantitative estimate of drug-likeness (QED) is 0.776. The Labute approximate surface area is 131 Å². The molecule has 1 aromatic carbocycles. The fourth-order valence-electron chi connectivity index (χ4n) is 1.80. The summed E-state index contributed by atoms with van der Waals surface area (Å²) in [5.74, 6) is 1.20. The van der Waals surface area contributed by atoms with Crippen molar-refractivity contribution in [3.8, 4) is 0 Å². The van der Waals surface area contributed by atoms with Crippen LogP contribution in [0.1, 0.15) is 22.4 Å². The van der Waals surface area contributed by atoms with Gasteiger partial charge in [-0.2, -0.15) is 4.98 Å². The number of halogens is 1. The Bertz CT molecular complexity index is 723. The van der Waals surface area contributed by atoms with Crippen LogP contribution in [-0.2, 0) is 13.0 Å². The van der Waals surface area contributed by atoms with E-state index in [2.05, 4.69) is 20.4 Å². The number of aryl methyl sites for hydroxylation is 1. The van der Waals surface area contributed by atoms with E-state index in [0.717, 1.165) is 16.4 Å². The van der Waals surface area contributed by atoms with Crippen molar-refractivity contribution in [2.45, 2.75) is 19.9 Å². The summed E-state index contributed by atoms with van der Waals surface area (Å²) in [4.78, 5) is 8.73. The van der Waals surface area contributed by atoms with E-state index < -0.39 is 0 Å². The number of thiazole rings is 1. The lowest BCUT2D eigenvalue weighted by Crippen LogP contribution is -1.99. The van der Waals surface area contributed by atoms with Gasteiger partial charge < -0.3 is 9.84 Å². The highest BCUT2D eigenvalue weighted by molar-refractivity contribution is 7.09. The molecule has 0 fully saturated rings. The third kappa shape index (κ3) is 3.80. The van der Waals surface area contributed by atoms with E-state index in [1.54, 1.807) is 11.3 Å². The predicted octanol–water partition coefficient (Wildman–Crippen LogP) is 3.69. The van der Waals surface area contributed by atoms with Crippen molar-refractivity contribution in [2.75, 3.05) is 5.32 Å². The van der Waals surface area contributed by atoms with Gasteiger partial charge in [-0.15, -0.1) is 11.3 Å². The van der Waals surface area contributed by atoms with E-state index in [-0.39, 0.29) is 0 Å². The summed E-state index contributed by atoms with van der Waals surface area (Å²) < 4.78 is 5.22. The van der Waals surface area contributed by atoms with Gasteiger partial charge in [-0.05, 0) is 31.2 Å². The summed E-state index contributed by atoms with van der Waals surface area (Å²) in [7, 11) is 0. The van der Waals surface area contributed by atoms with Gasteiger partial charge in [-0.25, -0.2) is 4.98 Å². The van der Waals surface area contributed by atoms with Gasteiger partial charge in [0.15, 0.2) is 5.82 Å². The molecule has 108 valence electrons. The smallest absolute Gasteiger partial charge is 0.245 e. The van der Waals surface area contributed by atoms with Gasteiger partial charge in [-0.1, -0.05) is 16.8 Å². The van der Waals surface area contributed by atoms with Crippen LogP contribution in [0.5, 0.6) is 0 Å². The first-order chi connectivity index (χ1) is 10.2. The maximum atomic E-state index is 5.84. The lowest BCUT2D eigenvalue weighted by atomic mass is 10.3. The Balaban J connectivity index is 1.58. The molecule has 0 unspecified atom stereocenters. The van der Waals surface area contributed by atoms with Gasteiger partial charge in [0, 0.05) is 21.8 Å². The van der Waals surface area contributed by atoms with E-state index >= 15 is 0 Å². The molecule has 0 saturated heterocycles. The van der Waals surface area contributed by atoms with Crippen LogP contribution >= 0.6 is 22.9 Å². The van der Waals surface area contributed by atoms with Gasteiger partial charge >= 0.3 is 0 Å². The summed E-state index contributed by atoms with van der Waals surface area (Å²) in [6.45, 7) is 2.45. The minimum Gasteiger partial charge on any atom is -0.376 e. The number of hydrogen-bond donors (Lipinski definition) is 1. The van der Waals surface area contributed by atoms with Crippen LogP contribution in [0.4, 0.5) is 5.69 Å². The summed E-state index contributed by atoms with van der Waals surface area (Å²) in [6, 6.07) is 7.46. The second kappa shape index (κ2) is 6.24. The van der Waals surface area contributed by atoms with Crippen molar-refractivity contribution >= 4 is 28.6 Å². The van der Waals surface area contributed by atoms with E-state index in [1.807, 2.05) is 36.6 Å². The molecular formula is C14H13ClN4OS. The highest BCUT2D eigenvalue weighted by Gasteiger charge is 2.09. The average molecular weight is 321 g/mol. The zero-order valence-corrected chi connectivity index (χ0v) is 12.9. The minimum absolute atomic E-state index is 0.478. The van der Waals surface area contributed by atoms with Gasteiger partial charge in [-0.3, -0.25) is 0 Å². The molecule has 0 spiro atoms. The first kappa shape index (κ1) is 14.0. The molecule has 0 aliphatic heterocycles. The second-order valence-electron chi connectivity index (χ2n) is 4.52. The number of aromatic nitrogens is 3. The number of hydrogen-bond acceptors (Lipinski definition) is 6. The van der Waals surface area contributed by atoms with E-state index in [0.29, 0.717) is 29.7 Å². The zero-order valence-electron chi connectivity index (χ0n) is 11.3. The zero-order chi connectivity index (χ0) is 14.7. The Kier molecular flexibility index (Phi) is 4.17. The topological polar surface area (TPSA) is 63.8 Å². The highest BCUT2D eigenvalue weighted by Crippen LogP contribution is 2.15. The van der Waals surface area contributed by atoms with Gasteiger partial charge in [0.1, 0.15) is 5.01 Å². The maximum absolute atomic E-state index is 5.84. The van der Waals surface area contributed by atoms with Crippen molar-refractivity contribution < 1.29 is 4.52 Å². The third-order valence-corrected chi connectivity index (χ3v) is 3.99. The minimum atomic E-state index is 0.478. The molecule has 5 nitrogen and oxygen atoms in total. The normalized spacial score (nSPS) is 10.8. The van der Waals surface area contributed by atoms with Crippen LogP contribution in [0, 0.1) is 6.92 Å². The predicted molar refractivity (Wildman–Crippen MR) is 82.7 cm³/mol. The Morgan fingerprint density at radius 3 is 2.76 bits per heavy atom. The SMILES string of the molecule is Cc1csc(Cc2noc(CNc3ccc(Cl)cc3)n2)n1. The lowest BCUT2D eigenvalue weighted by molar-refractivity contribution is 0.378. The van der Waals surface area contributed by atoms with Crippen molar-refractivity contribution in [1.82, 2.24) is 15.1 Å². The molecule has 3 rings (SSSR count). The molecule has 7 heteroatoms. The maximum Gasteiger partial charge on any atom is 0.245 e. The standard InChI is InChI=1S/C14H13ClN4OS/c1-9-8-21-14(17-9)6-12-18-13(20-19-12)7-16-11-4-2-10(15)3-5-11/h2-5,8,16H,6-7H2,1H3. The monoisotopic (exact) mass is 320 g/mol. The number of nitrogens with zero attached hydrogens (tertiary/aromatic N) is 3. The molecule has 0 amide bonds. The molecule has 0 atom stereocenters. The van der Waals surface area contributed by atoms with Crippen LogP contribution in [0.15, 0.2) is 34.2 Å². The van der Waals surface area contributed by atoms with Gasteiger partial charge in [0.25, 0.3) is 0 Å². The molecule has 0 aliphatic carbocycles. The van der Waals surface area contributed by atoms with Crippen molar-refractivity contribution in [2.24, 2.45) is 0 Å². The second-order valence-corrected chi connectivity index (χ2v) is 5.90. The Morgan fingerprint density at radius 2 is 2.05 bits per heavy atom. The van der Waals surface area contributed by atoms with Gasteiger partial charge in [0.05, 0.1) is 13.0 Å². The molecule has 0 aliphatic rings. The summed E-state index contributed by atoms with van der Waals surface area (Å²) in [6.07, 6.45) is 0.600. The first-order valence-corrected chi connectivity index (χ1v) is 7.67. The molecule has 3 aromatic rings. The molecular weight excluding hydrogens is 308 g/mol. The van der Waals surface area contributed by atoms with Crippen LogP contribution < -0.4 is 5.32 Å². The average Bonchev–Trinajstić information content (AvgIpc) is 3.08. The van der Waals surface area contributed by atoms with Crippen LogP contribution in [0.2, 0.25) is 5.02 Å². The highest BCUT2D eigenvalue weighted by atomic mass is 35.5. The molecule has 0 bridgehead atoms. The van der Waals surface area contributed by atoms with Crippen LogP contribution in [0.25, 0.3) is 0 Å². The Morgan fingerprint density at radius 1 is 1.24 bits per heavy atom. The van der Waals surface area contributed by atoms with Crippen molar-refractivity contribution in [3.05, 3.63) is 57.1 Å².